The minimum absolute atomic E-state index is 0.0887. The Labute approximate surface area is 142 Å². The molecule has 0 bridgehead atoms. The SMILES string of the molecule is O[C@@H]1CN(CCOc2ccc3ccccc3c2)C2(CCC2)C[C@@H]1O. The van der Waals surface area contributed by atoms with Crippen molar-refractivity contribution in [1.29, 1.82) is 0 Å². The van der Waals surface area contributed by atoms with Gasteiger partial charge in [-0.1, -0.05) is 30.3 Å². The number of hydrogen-bond acceptors (Lipinski definition) is 4. The van der Waals surface area contributed by atoms with Crippen LogP contribution >= 0.6 is 0 Å². The van der Waals surface area contributed by atoms with E-state index >= 15 is 0 Å². The minimum atomic E-state index is -0.642. The van der Waals surface area contributed by atoms with Crippen molar-refractivity contribution in [3.63, 3.8) is 0 Å². The van der Waals surface area contributed by atoms with Crippen LogP contribution in [-0.2, 0) is 0 Å². The summed E-state index contributed by atoms with van der Waals surface area (Å²) in [5.41, 5.74) is 0.0887. The number of benzene rings is 2. The summed E-state index contributed by atoms with van der Waals surface area (Å²) >= 11 is 0. The number of aliphatic hydroxyl groups excluding tert-OH is 2. The van der Waals surface area contributed by atoms with E-state index in [4.69, 9.17) is 4.74 Å². The summed E-state index contributed by atoms with van der Waals surface area (Å²) in [4.78, 5) is 2.33. The second-order valence-corrected chi connectivity index (χ2v) is 7.22. The zero-order chi connectivity index (χ0) is 16.6. The molecule has 1 saturated heterocycles. The number of piperidine rings is 1. The number of ether oxygens (including phenoxy) is 1. The molecule has 1 spiro atoms. The molecule has 1 saturated carbocycles. The lowest BCUT2D eigenvalue weighted by Gasteiger charge is -2.55. The van der Waals surface area contributed by atoms with Gasteiger partial charge < -0.3 is 14.9 Å². The van der Waals surface area contributed by atoms with Crippen LogP contribution in [0.2, 0.25) is 0 Å². The van der Waals surface area contributed by atoms with E-state index in [0.29, 0.717) is 19.6 Å². The third kappa shape index (κ3) is 2.90. The van der Waals surface area contributed by atoms with Crippen LogP contribution in [0.25, 0.3) is 10.8 Å². The molecule has 2 aromatic carbocycles. The summed E-state index contributed by atoms with van der Waals surface area (Å²) in [5, 5.41) is 22.4. The van der Waals surface area contributed by atoms with E-state index in [1.807, 2.05) is 18.2 Å². The van der Waals surface area contributed by atoms with Gasteiger partial charge >= 0.3 is 0 Å². The Balaban J connectivity index is 1.38. The van der Waals surface area contributed by atoms with Crippen molar-refractivity contribution >= 4 is 10.8 Å². The van der Waals surface area contributed by atoms with Gasteiger partial charge in [0.25, 0.3) is 0 Å². The highest BCUT2D eigenvalue weighted by Gasteiger charge is 2.48. The summed E-state index contributed by atoms with van der Waals surface area (Å²) in [5.74, 6) is 0.883. The Kier molecular flexibility index (Phi) is 4.21. The fraction of sp³-hybridized carbons (Fsp3) is 0.500. The third-order valence-electron chi connectivity index (χ3n) is 5.75. The number of aliphatic hydroxyl groups is 2. The molecular weight excluding hydrogens is 302 g/mol. The number of likely N-dealkylation sites (tertiary alicyclic amines) is 1. The molecule has 4 rings (SSSR count). The number of rotatable bonds is 4. The van der Waals surface area contributed by atoms with Gasteiger partial charge in [0.15, 0.2) is 0 Å². The lowest BCUT2D eigenvalue weighted by Crippen LogP contribution is -2.64. The maximum absolute atomic E-state index is 10.0. The molecule has 0 radical (unpaired) electrons. The molecule has 2 aromatic rings. The molecule has 0 unspecified atom stereocenters. The van der Waals surface area contributed by atoms with Gasteiger partial charge in [-0.2, -0.15) is 0 Å². The lowest BCUT2D eigenvalue weighted by molar-refractivity contribution is -0.126. The van der Waals surface area contributed by atoms with Crippen molar-refractivity contribution in [2.75, 3.05) is 19.7 Å². The standard InChI is InChI=1S/C20H25NO3/c22-18-13-20(8-3-9-20)21(14-19(18)23)10-11-24-17-7-6-15-4-1-2-5-16(15)12-17/h1-2,4-7,12,18-19,22-23H,3,8-11,13-14H2/t18-,19+/m0/s1. The summed E-state index contributed by atoms with van der Waals surface area (Å²) in [7, 11) is 0. The number of nitrogens with zero attached hydrogens (tertiary/aromatic N) is 1. The second-order valence-electron chi connectivity index (χ2n) is 7.22. The molecule has 2 aliphatic rings. The highest BCUT2D eigenvalue weighted by Crippen LogP contribution is 2.44. The zero-order valence-electron chi connectivity index (χ0n) is 13.9. The van der Waals surface area contributed by atoms with Crippen molar-refractivity contribution in [2.45, 2.75) is 43.4 Å². The topological polar surface area (TPSA) is 52.9 Å². The van der Waals surface area contributed by atoms with Gasteiger partial charge in [0.05, 0.1) is 12.2 Å². The van der Waals surface area contributed by atoms with Gasteiger partial charge in [-0.05, 0) is 48.6 Å². The van der Waals surface area contributed by atoms with E-state index in [-0.39, 0.29) is 5.54 Å². The second kappa shape index (κ2) is 6.36. The van der Waals surface area contributed by atoms with Gasteiger partial charge in [-0.25, -0.2) is 0 Å². The van der Waals surface area contributed by atoms with Crippen LogP contribution in [0.1, 0.15) is 25.7 Å². The molecule has 4 nitrogen and oxygen atoms in total. The first-order valence-electron chi connectivity index (χ1n) is 8.89. The normalized spacial score (nSPS) is 26.4. The Hall–Kier alpha value is -1.62. The fourth-order valence-corrected chi connectivity index (χ4v) is 4.16. The zero-order valence-corrected chi connectivity index (χ0v) is 13.9. The average molecular weight is 327 g/mol. The minimum Gasteiger partial charge on any atom is -0.492 e. The van der Waals surface area contributed by atoms with Crippen LogP contribution in [-0.4, -0.2) is 52.6 Å². The molecule has 1 aliphatic heterocycles. The average Bonchev–Trinajstić information content (AvgIpc) is 2.56. The summed E-state index contributed by atoms with van der Waals surface area (Å²) in [6, 6.07) is 14.4. The highest BCUT2D eigenvalue weighted by atomic mass is 16.5. The summed E-state index contributed by atoms with van der Waals surface area (Å²) in [6.45, 7) is 1.93. The van der Waals surface area contributed by atoms with Crippen molar-refractivity contribution < 1.29 is 14.9 Å². The molecule has 0 amide bonds. The monoisotopic (exact) mass is 327 g/mol. The molecule has 4 heteroatoms. The largest absolute Gasteiger partial charge is 0.492 e. The van der Waals surface area contributed by atoms with Crippen LogP contribution in [0, 0.1) is 0 Å². The van der Waals surface area contributed by atoms with E-state index in [9.17, 15) is 10.2 Å². The van der Waals surface area contributed by atoms with Crippen LogP contribution in [0.15, 0.2) is 42.5 Å². The van der Waals surface area contributed by atoms with Crippen LogP contribution in [0.3, 0.4) is 0 Å². The van der Waals surface area contributed by atoms with Gasteiger partial charge in [0.1, 0.15) is 12.4 Å². The highest BCUT2D eigenvalue weighted by molar-refractivity contribution is 5.83. The van der Waals surface area contributed by atoms with E-state index < -0.39 is 12.2 Å². The Morgan fingerprint density at radius 2 is 1.83 bits per heavy atom. The molecular formula is C20H25NO3. The lowest BCUT2D eigenvalue weighted by atomic mass is 9.69. The molecule has 128 valence electrons. The Morgan fingerprint density at radius 1 is 1.04 bits per heavy atom. The van der Waals surface area contributed by atoms with Gasteiger partial charge in [0.2, 0.25) is 0 Å². The molecule has 2 N–H and O–H groups in total. The first-order valence-corrected chi connectivity index (χ1v) is 8.89. The molecule has 1 aliphatic carbocycles. The Morgan fingerprint density at radius 3 is 2.58 bits per heavy atom. The van der Waals surface area contributed by atoms with Crippen molar-refractivity contribution in [2.24, 2.45) is 0 Å². The summed E-state index contributed by atoms with van der Waals surface area (Å²) in [6.07, 6.45) is 2.91. The van der Waals surface area contributed by atoms with E-state index in [1.54, 1.807) is 0 Å². The van der Waals surface area contributed by atoms with E-state index in [2.05, 4.69) is 29.2 Å². The molecule has 0 aromatic heterocycles. The molecule has 1 heterocycles. The maximum Gasteiger partial charge on any atom is 0.120 e. The van der Waals surface area contributed by atoms with Gasteiger partial charge in [-0.15, -0.1) is 0 Å². The number of fused-ring (bicyclic) bond motifs is 1. The van der Waals surface area contributed by atoms with Gasteiger partial charge in [-0.3, -0.25) is 4.90 Å². The quantitative estimate of drug-likeness (QED) is 0.906. The number of hydrogen-bond donors (Lipinski definition) is 2. The summed E-state index contributed by atoms with van der Waals surface area (Å²) < 4.78 is 5.96. The predicted molar refractivity (Wildman–Crippen MR) is 94.2 cm³/mol. The van der Waals surface area contributed by atoms with Crippen molar-refractivity contribution in [3.8, 4) is 5.75 Å². The van der Waals surface area contributed by atoms with Gasteiger partial charge in [0, 0.05) is 18.6 Å². The first-order chi connectivity index (χ1) is 11.7. The molecule has 24 heavy (non-hydrogen) atoms. The predicted octanol–water partition coefficient (Wildman–Crippen LogP) is 2.57. The third-order valence-corrected chi connectivity index (χ3v) is 5.75. The molecule has 2 atom stereocenters. The fourth-order valence-electron chi connectivity index (χ4n) is 4.16. The molecule has 2 fully saturated rings. The van der Waals surface area contributed by atoms with Crippen LogP contribution < -0.4 is 4.74 Å². The van der Waals surface area contributed by atoms with E-state index in [0.717, 1.165) is 25.1 Å². The smallest absolute Gasteiger partial charge is 0.120 e. The van der Waals surface area contributed by atoms with Crippen molar-refractivity contribution in [3.05, 3.63) is 42.5 Å². The van der Waals surface area contributed by atoms with E-state index in [1.165, 1.54) is 17.2 Å². The maximum atomic E-state index is 10.0. The first kappa shape index (κ1) is 15.9. The number of β-amino-alcohol motifs (C(OH)–C–C–N with tert-alkyl or cyclic N) is 1. The van der Waals surface area contributed by atoms with Crippen LogP contribution in [0.4, 0.5) is 0 Å². The van der Waals surface area contributed by atoms with Crippen molar-refractivity contribution in [1.82, 2.24) is 4.90 Å². The Bertz CT molecular complexity index is 713. The van der Waals surface area contributed by atoms with Crippen LogP contribution in [0.5, 0.6) is 5.75 Å².